The van der Waals surface area contributed by atoms with Gasteiger partial charge in [-0.2, -0.15) is 10.2 Å². The number of carbonyl (C=O) groups is 1. The van der Waals surface area contributed by atoms with Gasteiger partial charge in [0.2, 0.25) is 5.91 Å². The van der Waals surface area contributed by atoms with E-state index in [1.54, 1.807) is 0 Å². The Bertz CT molecular complexity index is 696. The first-order valence-electron chi connectivity index (χ1n) is 6.89. The zero-order valence-corrected chi connectivity index (χ0v) is 12.6. The average molecular weight is 292 g/mol. The summed E-state index contributed by atoms with van der Waals surface area (Å²) in [7, 11) is 0. The van der Waals surface area contributed by atoms with Crippen molar-refractivity contribution in [2.24, 2.45) is 0 Å². The summed E-state index contributed by atoms with van der Waals surface area (Å²) in [6, 6.07) is -0.150. The number of amides is 1. The second-order valence-electron chi connectivity index (χ2n) is 4.99. The molecule has 1 amide bonds. The predicted octanol–water partition coefficient (Wildman–Crippen LogP) is 0.351. The molecule has 0 bridgehead atoms. The number of hydrogen-bond acceptors (Lipinski definition) is 4. The molecular weight excluding hydrogens is 272 g/mol. The maximum absolute atomic E-state index is 12.0. The molecule has 0 saturated carbocycles. The van der Waals surface area contributed by atoms with Crippen molar-refractivity contribution in [2.75, 3.05) is 0 Å². The number of nitrogens with zero attached hydrogens (tertiary/aromatic N) is 3. The average Bonchev–Trinajstić information content (AvgIpc) is 2.92. The fraction of sp³-hybridized carbons (Fsp3) is 0.538. The third kappa shape index (κ3) is 3.21. The number of aromatic amines is 2. The van der Waals surface area contributed by atoms with Crippen molar-refractivity contribution >= 4 is 5.91 Å². The van der Waals surface area contributed by atoms with E-state index in [0.717, 1.165) is 23.5 Å². The number of carbonyl (C=O) groups excluding carboxylic acids is 1. The second-order valence-corrected chi connectivity index (χ2v) is 4.99. The van der Waals surface area contributed by atoms with Gasteiger partial charge in [-0.05, 0) is 27.7 Å². The molecule has 0 fully saturated rings. The lowest BCUT2D eigenvalue weighted by atomic mass is 10.1. The molecule has 0 unspecified atom stereocenters. The van der Waals surface area contributed by atoms with Crippen LogP contribution in [0.2, 0.25) is 0 Å². The molecule has 0 spiro atoms. The summed E-state index contributed by atoms with van der Waals surface area (Å²) in [6.07, 6.45) is 0.0308. The molecule has 0 saturated heterocycles. The zero-order chi connectivity index (χ0) is 15.6. The first-order valence-corrected chi connectivity index (χ1v) is 6.89. The third-order valence-electron chi connectivity index (χ3n) is 3.43. The third-order valence-corrected chi connectivity index (χ3v) is 3.43. The summed E-state index contributed by atoms with van der Waals surface area (Å²) in [5, 5.41) is 13.3. The van der Waals surface area contributed by atoms with Crippen LogP contribution in [0, 0.1) is 13.8 Å². The normalized spacial score (nSPS) is 12.4. The molecule has 2 rings (SSSR count). The number of rotatable bonds is 5. The van der Waals surface area contributed by atoms with Crippen molar-refractivity contribution in [1.82, 2.24) is 30.3 Å². The summed E-state index contributed by atoms with van der Waals surface area (Å²) in [5.41, 5.74) is 2.58. The van der Waals surface area contributed by atoms with Crippen LogP contribution in [0.4, 0.5) is 0 Å². The first-order chi connectivity index (χ1) is 9.92. The molecule has 8 heteroatoms. The van der Waals surface area contributed by atoms with E-state index in [1.807, 2.05) is 32.4 Å². The monoisotopic (exact) mass is 292 g/mol. The molecule has 3 N–H and O–H groups in total. The van der Waals surface area contributed by atoms with E-state index in [2.05, 4.69) is 25.6 Å². The molecule has 21 heavy (non-hydrogen) atoms. The zero-order valence-electron chi connectivity index (χ0n) is 12.6. The first kappa shape index (κ1) is 15.0. The SMILES string of the molecule is CCn1nc(C)c([C@@H](C)NC(=O)Cc2n[nH]c(=O)[nH]2)c1C. The summed E-state index contributed by atoms with van der Waals surface area (Å²) < 4.78 is 1.92. The summed E-state index contributed by atoms with van der Waals surface area (Å²) >= 11 is 0. The molecule has 0 aliphatic heterocycles. The Kier molecular flexibility index (Phi) is 4.25. The molecule has 0 radical (unpaired) electrons. The Labute approximate surface area is 122 Å². The van der Waals surface area contributed by atoms with Crippen LogP contribution in [0.25, 0.3) is 0 Å². The van der Waals surface area contributed by atoms with Gasteiger partial charge in [0.15, 0.2) is 0 Å². The minimum atomic E-state index is -0.415. The van der Waals surface area contributed by atoms with Crippen molar-refractivity contribution in [3.63, 3.8) is 0 Å². The molecule has 114 valence electrons. The van der Waals surface area contributed by atoms with Crippen LogP contribution in [0.5, 0.6) is 0 Å². The van der Waals surface area contributed by atoms with Crippen molar-refractivity contribution in [3.05, 3.63) is 33.3 Å². The standard InChI is InChI=1S/C13H20N6O2/c1-5-19-9(4)12(8(3)18-19)7(2)14-11(20)6-10-15-13(21)17-16-10/h7H,5-6H2,1-4H3,(H,14,20)(H2,15,16,17,21)/t7-/m1/s1. The van der Waals surface area contributed by atoms with Crippen LogP contribution in [0.1, 0.15) is 42.7 Å². The van der Waals surface area contributed by atoms with Gasteiger partial charge in [-0.15, -0.1) is 0 Å². The van der Waals surface area contributed by atoms with Gasteiger partial charge < -0.3 is 5.32 Å². The lowest BCUT2D eigenvalue weighted by molar-refractivity contribution is -0.121. The van der Waals surface area contributed by atoms with Crippen LogP contribution >= 0.6 is 0 Å². The molecule has 2 aromatic rings. The molecular formula is C13H20N6O2. The van der Waals surface area contributed by atoms with Gasteiger partial charge in [-0.25, -0.2) is 9.89 Å². The highest BCUT2D eigenvalue weighted by atomic mass is 16.2. The summed E-state index contributed by atoms with van der Waals surface area (Å²) in [6.45, 7) is 8.67. The minimum Gasteiger partial charge on any atom is -0.349 e. The number of aromatic nitrogens is 5. The maximum atomic E-state index is 12.0. The van der Waals surface area contributed by atoms with E-state index in [1.165, 1.54) is 0 Å². The molecule has 2 heterocycles. The number of aryl methyl sites for hydroxylation is 2. The van der Waals surface area contributed by atoms with Gasteiger partial charge in [0.1, 0.15) is 5.82 Å². The van der Waals surface area contributed by atoms with Gasteiger partial charge in [-0.1, -0.05) is 0 Å². The van der Waals surface area contributed by atoms with Gasteiger partial charge >= 0.3 is 5.69 Å². The Balaban J connectivity index is 2.07. The van der Waals surface area contributed by atoms with Crippen molar-refractivity contribution < 1.29 is 4.79 Å². The highest BCUT2D eigenvalue weighted by Gasteiger charge is 2.19. The van der Waals surface area contributed by atoms with Gasteiger partial charge in [0.05, 0.1) is 18.2 Å². The van der Waals surface area contributed by atoms with Gasteiger partial charge in [0, 0.05) is 17.8 Å². The van der Waals surface area contributed by atoms with Crippen molar-refractivity contribution in [1.29, 1.82) is 0 Å². The van der Waals surface area contributed by atoms with Gasteiger partial charge in [0.25, 0.3) is 0 Å². The highest BCUT2D eigenvalue weighted by Crippen LogP contribution is 2.21. The lowest BCUT2D eigenvalue weighted by Gasteiger charge is -2.14. The molecule has 8 nitrogen and oxygen atoms in total. The molecule has 2 aromatic heterocycles. The number of hydrogen-bond donors (Lipinski definition) is 3. The van der Waals surface area contributed by atoms with Crippen LogP contribution in [0.15, 0.2) is 4.79 Å². The predicted molar refractivity (Wildman–Crippen MR) is 76.8 cm³/mol. The van der Waals surface area contributed by atoms with E-state index in [4.69, 9.17) is 0 Å². The van der Waals surface area contributed by atoms with E-state index in [0.29, 0.717) is 5.82 Å². The molecule has 1 atom stereocenters. The van der Waals surface area contributed by atoms with E-state index < -0.39 is 5.69 Å². The smallest absolute Gasteiger partial charge is 0.340 e. The van der Waals surface area contributed by atoms with Crippen LogP contribution in [-0.2, 0) is 17.8 Å². The number of nitrogens with one attached hydrogen (secondary N) is 3. The summed E-state index contributed by atoms with van der Waals surface area (Å²) in [5.74, 6) is 0.121. The maximum Gasteiger partial charge on any atom is 0.340 e. The lowest BCUT2D eigenvalue weighted by Crippen LogP contribution is -2.29. The quantitative estimate of drug-likeness (QED) is 0.739. The largest absolute Gasteiger partial charge is 0.349 e. The van der Waals surface area contributed by atoms with Crippen LogP contribution in [-0.4, -0.2) is 30.9 Å². The molecule has 0 aromatic carbocycles. The van der Waals surface area contributed by atoms with Crippen molar-refractivity contribution in [2.45, 2.75) is 46.7 Å². The topological polar surface area (TPSA) is 108 Å². The van der Waals surface area contributed by atoms with Gasteiger partial charge in [-0.3, -0.25) is 14.5 Å². The van der Waals surface area contributed by atoms with E-state index in [-0.39, 0.29) is 18.4 Å². The van der Waals surface area contributed by atoms with Crippen molar-refractivity contribution in [3.8, 4) is 0 Å². The number of H-pyrrole nitrogens is 2. The Morgan fingerprint density at radius 3 is 2.67 bits per heavy atom. The fourth-order valence-electron chi connectivity index (χ4n) is 2.55. The van der Waals surface area contributed by atoms with Crippen LogP contribution < -0.4 is 11.0 Å². The van der Waals surface area contributed by atoms with E-state index >= 15 is 0 Å². The summed E-state index contributed by atoms with van der Waals surface area (Å²) in [4.78, 5) is 25.4. The molecule has 0 aliphatic rings. The molecule has 0 aliphatic carbocycles. The highest BCUT2D eigenvalue weighted by molar-refractivity contribution is 5.78. The van der Waals surface area contributed by atoms with Crippen LogP contribution in [0.3, 0.4) is 0 Å². The second kappa shape index (κ2) is 5.94. The Morgan fingerprint density at radius 2 is 2.14 bits per heavy atom. The Morgan fingerprint density at radius 1 is 1.43 bits per heavy atom. The fourth-order valence-corrected chi connectivity index (χ4v) is 2.55. The van der Waals surface area contributed by atoms with E-state index in [9.17, 15) is 9.59 Å². The Hall–Kier alpha value is -2.38. The minimum absolute atomic E-state index is 0.0308.